The summed E-state index contributed by atoms with van der Waals surface area (Å²) in [6.45, 7) is 1.84. The number of hydrogen-bond donors (Lipinski definition) is 3. The molecule has 0 fully saturated rings. The minimum absolute atomic E-state index is 0.157. The first kappa shape index (κ1) is 22.0. The van der Waals surface area contributed by atoms with Gasteiger partial charge >= 0.3 is 6.03 Å². The Morgan fingerprint density at radius 2 is 1.79 bits per heavy atom. The molecule has 166 valence electrons. The first-order valence-corrected chi connectivity index (χ1v) is 10.2. The second kappa shape index (κ2) is 9.49. The summed E-state index contributed by atoms with van der Waals surface area (Å²) in [5.74, 6) is -1.30. The third-order valence-electron chi connectivity index (χ3n) is 4.55. The highest BCUT2D eigenvalue weighted by atomic mass is 35.5. The van der Waals surface area contributed by atoms with Gasteiger partial charge in [0.05, 0.1) is 51.9 Å². The molecule has 0 spiro atoms. The fraction of sp³-hybridized carbons (Fsp3) is 0.0435. The quantitative estimate of drug-likeness (QED) is 0.374. The molecule has 2 aromatic carbocycles. The summed E-state index contributed by atoms with van der Waals surface area (Å²) in [6.07, 6.45) is 6.08. The van der Waals surface area contributed by atoms with E-state index in [1.165, 1.54) is 41.5 Å². The van der Waals surface area contributed by atoms with Crippen molar-refractivity contribution in [3.8, 4) is 5.69 Å². The molecular weight excluding hydrogens is 447 g/mol. The number of aromatic nitrogens is 3. The average Bonchev–Trinajstić information content (AvgIpc) is 3.24. The molecule has 10 heteroatoms. The van der Waals surface area contributed by atoms with Crippen LogP contribution in [0.2, 0.25) is 5.02 Å². The van der Waals surface area contributed by atoms with E-state index in [2.05, 4.69) is 26.0 Å². The van der Waals surface area contributed by atoms with E-state index in [4.69, 9.17) is 11.6 Å². The van der Waals surface area contributed by atoms with Gasteiger partial charge in [-0.3, -0.25) is 9.78 Å². The van der Waals surface area contributed by atoms with Crippen LogP contribution in [0.1, 0.15) is 15.9 Å². The number of pyridine rings is 1. The third-order valence-corrected chi connectivity index (χ3v) is 4.88. The second-order valence-electron chi connectivity index (χ2n) is 7.10. The number of halogens is 2. The molecule has 0 aliphatic heterocycles. The number of para-hydroxylation sites is 1. The summed E-state index contributed by atoms with van der Waals surface area (Å²) in [6, 6.07) is 12.1. The van der Waals surface area contributed by atoms with Crippen molar-refractivity contribution in [1.29, 1.82) is 0 Å². The van der Waals surface area contributed by atoms with Crippen molar-refractivity contribution in [3.05, 3.63) is 95.3 Å². The lowest BCUT2D eigenvalue weighted by atomic mass is 10.1. The molecule has 0 aliphatic rings. The molecule has 3 amide bonds. The number of nitrogens with one attached hydrogen (secondary N) is 3. The van der Waals surface area contributed by atoms with Crippen molar-refractivity contribution in [1.82, 2.24) is 14.8 Å². The molecule has 0 saturated carbocycles. The van der Waals surface area contributed by atoms with Crippen molar-refractivity contribution in [2.24, 2.45) is 0 Å². The van der Waals surface area contributed by atoms with Gasteiger partial charge in [-0.05, 0) is 48.9 Å². The highest BCUT2D eigenvalue weighted by molar-refractivity contribution is 6.33. The number of aryl methyl sites for hydroxylation is 1. The van der Waals surface area contributed by atoms with Crippen LogP contribution in [0.5, 0.6) is 0 Å². The summed E-state index contributed by atoms with van der Waals surface area (Å²) >= 11 is 6.04. The lowest BCUT2D eigenvalue weighted by Crippen LogP contribution is -2.19. The summed E-state index contributed by atoms with van der Waals surface area (Å²) in [5.41, 5.74) is 2.44. The van der Waals surface area contributed by atoms with Crippen molar-refractivity contribution in [2.45, 2.75) is 6.92 Å². The van der Waals surface area contributed by atoms with Crippen molar-refractivity contribution < 1.29 is 14.0 Å². The maximum atomic E-state index is 14.4. The van der Waals surface area contributed by atoms with E-state index in [1.807, 2.05) is 6.92 Å². The Balaban J connectivity index is 1.48. The lowest BCUT2D eigenvalue weighted by molar-refractivity contribution is 0.102. The summed E-state index contributed by atoms with van der Waals surface area (Å²) in [4.78, 5) is 28.8. The van der Waals surface area contributed by atoms with Crippen LogP contribution in [0.3, 0.4) is 0 Å². The fourth-order valence-electron chi connectivity index (χ4n) is 3.03. The number of nitrogens with zero attached hydrogens (tertiary/aromatic N) is 3. The van der Waals surface area contributed by atoms with Gasteiger partial charge in [0.2, 0.25) is 0 Å². The summed E-state index contributed by atoms with van der Waals surface area (Å²) in [5, 5.41) is 12.5. The van der Waals surface area contributed by atoms with Gasteiger partial charge in [-0.1, -0.05) is 23.7 Å². The molecule has 0 radical (unpaired) electrons. The van der Waals surface area contributed by atoms with Crippen LogP contribution < -0.4 is 16.0 Å². The molecule has 0 atom stereocenters. The van der Waals surface area contributed by atoms with E-state index in [1.54, 1.807) is 36.5 Å². The number of urea groups is 1. The van der Waals surface area contributed by atoms with Gasteiger partial charge < -0.3 is 16.0 Å². The number of amides is 3. The first-order chi connectivity index (χ1) is 15.9. The highest BCUT2D eigenvalue weighted by Gasteiger charge is 2.15. The van der Waals surface area contributed by atoms with Gasteiger partial charge in [0.25, 0.3) is 5.91 Å². The monoisotopic (exact) mass is 464 g/mol. The molecule has 8 nitrogen and oxygen atoms in total. The molecule has 4 rings (SSSR count). The fourth-order valence-corrected chi connectivity index (χ4v) is 3.21. The lowest BCUT2D eigenvalue weighted by Gasteiger charge is -2.09. The minimum Gasteiger partial charge on any atom is -0.320 e. The summed E-state index contributed by atoms with van der Waals surface area (Å²) in [7, 11) is 0. The molecule has 0 bridgehead atoms. The van der Waals surface area contributed by atoms with Gasteiger partial charge in [-0.15, -0.1) is 0 Å². The third kappa shape index (κ3) is 5.34. The Bertz CT molecular complexity index is 1340. The van der Waals surface area contributed by atoms with Crippen LogP contribution in [0.4, 0.5) is 26.2 Å². The average molecular weight is 465 g/mol. The molecule has 33 heavy (non-hydrogen) atoms. The molecule has 3 N–H and O–H groups in total. The Kier molecular flexibility index (Phi) is 6.32. The zero-order valence-corrected chi connectivity index (χ0v) is 18.1. The highest BCUT2D eigenvalue weighted by Crippen LogP contribution is 2.21. The van der Waals surface area contributed by atoms with E-state index >= 15 is 0 Å². The van der Waals surface area contributed by atoms with E-state index in [-0.39, 0.29) is 5.56 Å². The van der Waals surface area contributed by atoms with Crippen molar-refractivity contribution in [3.63, 3.8) is 0 Å². The smallest absolute Gasteiger partial charge is 0.320 e. The van der Waals surface area contributed by atoms with Crippen molar-refractivity contribution >= 4 is 40.6 Å². The topological polar surface area (TPSA) is 101 Å². The Labute approximate surface area is 193 Å². The molecule has 0 aliphatic carbocycles. The van der Waals surface area contributed by atoms with Crippen LogP contribution in [0, 0.1) is 12.7 Å². The maximum Gasteiger partial charge on any atom is 0.323 e. The number of benzene rings is 2. The SMILES string of the molecule is Cc1cncc(NC(=O)c2cc(-n3cc(NC(=O)Nc4ccccc4Cl)cn3)ccc2F)c1. The van der Waals surface area contributed by atoms with Gasteiger partial charge in [0, 0.05) is 6.20 Å². The Morgan fingerprint density at radius 3 is 2.58 bits per heavy atom. The predicted molar refractivity (Wildman–Crippen MR) is 125 cm³/mol. The molecule has 4 aromatic rings. The molecular formula is C23H18ClFN6O2. The van der Waals surface area contributed by atoms with Gasteiger partial charge in [0.15, 0.2) is 0 Å². The van der Waals surface area contributed by atoms with E-state index in [0.29, 0.717) is 27.8 Å². The first-order valence-electron chi connectivity index (χ1n) is 9.79. The van der Waals surface area contributed by atoms with Gasteiger partial charge in [-0.2, -0.15) is 5.10 Å². The number of anilines is 3. The molecule has 0 unspecified atom stereocenters. The molecule has 2 heterocycles. The maximum absolute atomic E-state index is 14.4. The van der Waals surface area contributed by atoms with E-state index in [9.17, 15) is 14.0 Å². The number of carbonyl (C=O) groups excluding carboxylic acids is 2. The molecule has 2 aromatic heterocycles. The van der Waals surface area contributed by atoms with E-state index in [0.717, 1.165) is 5.56 Å². The van der Waals surface area contributed by atoms with Crippen LogP contribution in [-0.2, 0) is 0 Å². The Morgan fingerprint density at radius 1 is 0.970 bits per heavy atom. The van der Waals surface area contributed by atoms with Crippen molar-refractivity contribution in [2.75, 3.05) is 16.0 Å². The van der Waals surface area contributed by atoms with Crippen LogP contribution in [0.25, 0.3) is 5.69 Å². The standard InChI is InChI=1S/C23H18ClFN6O2/c1-14-8-15(11-26-10-14)28-22(32)18-9-17(6-7-20(18)25)31-13-16(12-27-31)29-23(33)30-21-5-3-2-4-19(21)24/h2-13H,1H3,(H,28,32)(H2,29,30,33). The van der Waals surface area contributed by atoms with Crippen LogP contribution >= 0.6 is 11.6 Å². The number of hydrogen-bond acceptors (Lipinski definition) is 4. The second-order valence-corrected chi connectivity index (χ2v) is 7.51. The number of rotatable bonds is 5. The summed E-state index contributed by atoms with van der Waals surface area (Å²) < 4.78 is 15.8. The minimum atomic E-state index is -0.679. The zero-order valence-electron chi connectivity index (χ0n) is 17.3. The van der Waals surface area contributed by atoms with Gasteiger partial charge in [0.1, 0.15) is 5.82 Å². The molecule has 0 saturated heterocycles. The Hall–Kier alpha value is -4.24. The normalized spacial score (nSPS) is 10.5. The predicted octanol–water partition coefficient (Wildman–Crippen LogP) is 5.26. The van der Waals surface area contributed by atoms with Crippen LogP contribution in [-0.4, -0.2) is 26.7 Å². The van der Waals surface area contributed by atoms with Gasteiger partial charge in [-0.25, -0.2) is 13.9 Å². The van der Waals surface area contributed by atoms with Crippen LogP contribution in [0.15, 0.2) is 73.3 Å². The largest absolute Gasteiger partial charge is 0.323 e. The zero-order chi connectivity index (χ0) is 23.4. The number of carbonyl (C=O) groups is 2. The van der Waals surface area contributed by atoms with E-state index < -0.39 is 17.8 Å².